The number of aromatic nitrogens is 2. The maximum absolute atomic E-state index is 12.0. The Labute approximate surface area is 102 Å². The van der Waals surface area contributed by atoms with Gasteiger partial charge >= 0.3 is 5.56 Å². The average molecular weight is 239 g/mol. The van der Waals surface area contributed by atoms with Crippen LogP contribution >= 0.6 is 0 Å². The average Bonchev–Trinajstić information content (AvgIpc) is 2.23. The molecule has 0 aromatic carbocycles. The van der Waals surface area contributed by atoms with Gasteiger partial charge in [0.05, 0.1) is 0 Å². The van der Waals surface area contributed by atoms with E-state index in [0.29, 0.717) is 19.0 Å². The van der Waals surface area contributed by atoms with Gasteiger partial charge in [0.1, 0.15) is 6.10 Å². The van der Waals surface area contributed by atoms with E-state index in [9.17, 15) is 4.79 Å². The van der Waals surface area contributed by atoms with Gasteiger partial charge in [-0.1, -0.05) is 13.8 Å². The Balaban J connectivity index is 2.83. The van der Waals surface area contributed by atoms with Crippen molar-refractivity contribution in [3.05, 3.63) is 22.7 Å². The molecule has 1 unspecified atom stereocenters. The molecule has 1 rings (SSSR count). The SMILES string of the molecule is CNCC(C)Oc1nccn(CC(C)C)c1=O. The lowest BCUT2D eigenvalue weighted by Crippen LogP contribution is -2.31. The van der Waals surface area contributed by atoms with Gasteiger partial charge in [-0.05, 0) is 19.9 Å². The van der Waals surface area contributed by atoms with Gasteiger partial charge in [0, 0.05) is 25.5 Å². The van der Waals surface area contributed by atoms with Crippen LogP contribution in [0.3, 0.4) is 0 Å². The Kier molecular flexibility index (Phi) is 5.15. The molecule has 17 heavy (non-hydrogen) atoms. The lowest BCUT2D eigenvalue weighted by atomic mass is 10.2. The maximum Gasteiger partial charge on any atom is 0.313 e. The molecule has 5 heteroatoms. The fourth-order valence-corrected chi connectivity index (χ4v) is 1.56. The first-order valence-electron chi connectivity index (χ1n) is 5.91. The molecular formula is C12H21N3O2. The van der Waals surface area contributed by atoms with Gasteiger partial charge in [0.15, 0.2) is 0 Å². The summed E-state index contributed by atoms with van der Waals surface area (Å²) in [7, 11) is 1.84. The van der Waals surface area contributed by atoms with E-state index >= 15 is 0 Å². The van der Waals surface area contributed by atoms with Crippen LogP contribution in [0, 0.1) is 5.92 Å². The number of hydrogen-bond acceptors (Lipinski definition) is 4. The molecule has 0 radical (unpaired) electrons. The first-order chi connectivity index (χ1) is 8.04. The van der Waals surface area contributed by atoms with Crippen LogP contribution < -0.4 is 15.6 Å². The molecule has 1 aromatic rings. The van der Waals surface area contributed by atoms with E-state index in [4.69, 9.17) is 4.74 Å². The molecule has 0 amide bonds. The number of likely N-dealkylation sites (N-methyl/N-ethyl adjacent to an activating group) is 1. The predicted octanol–water partition coefficient (Wildman–Crippen LogP) is 0.886. The van der Waals surface area contributed by atoms with Crippen LogP contribution in [0.5, 0.6) is 5.88 Å². The summed E-state index contributed by atoms with van der Waals surface area (Å²) < 4.78 is 7.14. The summed E-state index contributed by atoms with van der Waals surface area (Å²) in [4.78, 5) is 16.0. The van der Waals surface area contributed by atoms with Crippen LogP contribution in [0.15, 0.2) is 17.2 Å². The molecule has 1 heterocycles. The van der Waals surface area contributed by atoms with Crippen LogP contribution in [0.2, 0.25) is 0 Å². The number of rotatable bonds is 6. The molecule has 1 aromatic heterocycles. The zero-order valence-electron chi connectivity index (χ0n) is 10.9. The number of hydrogen-bond donors (Lipinski definition) is 1. The van der Waals surface area contributed by atoms with Crippen molar-refractivity contribution in [3.8, 4) is 5.88 Å². The summed E-state index contributed by atoms with van der Waals surface area (Å²) in [5, 5.41) is 2.99. The fraction of sp³-hybridized carbons (Fsp3) is 0.667. The van der Waals surface area contributed by atoms with Crippen LogP contribution in [-0.4, -0.2) is 29.2 Å². The first-order valence-corrected chi connectivity index (χ1v) is 5.91. The molecule has 0 saturated heterocycles. The minimum absolute atomic E-state index is 0.0740. The van der Waals surface area contributed by atoms with E-state index < -0.39 is 0 Å². The van der Waals surface area contributed by atoms with Crippen molar-refractivity contribution >= 4 is 0 Å². The molecule has 0 aliphatic rings. The van der Waals surface area contributed by atoms with Gasteiger partial charge in [0.2, 0.25) is 0 Å². The van der Waals surface area contributed by atoms with E-state index in [1.807, 2.05) is 14.0 Å². The van der Waals surface area contributed by atoms with E-state index in [1.165, 1.54) is 0 Å². The van der Waals surface area contributed by atoms with E-state index in [1.54, 1.807) is 17.0 Å². The van der Waals surface area contributed by atoms with E-state index in [0.717, 1.165) is 0 Å². The van der Waals surface area contributed by atoms with Crippen molar-refractivity contribution in [2.24, 2.45) is 5.92 Å². The minimum atomic E-state index is -0.163. The standard InChI is InChI=1S/C12H21N3O2/c1-9(2)8-15-6-5-14-11(12(15)16)17-10(3)7-13-4/h5-6,9-10,13H,7-8H2,1-4H3. The highest BCUT2D eigenvalue weighted by Gasteiger charge is 2.10. The van der Waals surface area contributed by atoms with Crippen molar-refractivity contribution in [3.63, 3.8) is 0 Å². The third kappa shape index (κ3) is 4.19. The number of ether oxygens (including phenoxy) is 1. The normalized spacial score (nSPS) is 12.8. The second-order valence-electron chi connectivity index (χ2n) is 4.57. The minimum Gasteiger partial charge on any atom is -0.469 e. The van der Waals surface area contributed by atoms with Crippen molar-refractivity contribution < 1.29 is 4.74 Å². The third-order valence-electron chi connectivity index (χ3n) is 2.25. The molecule has 1 N–H and O–H groups in total. The zero-order chi connectivity index (χ0) is 12.8. The van der Waals surface area contributed by atoms with Crippen LogP contribution in [0.1, 0.15) is 20.8 Å². The second kappa shape index (κ2) is 6.39. The Morgan fingerprint density at radius 1 is 1.47 bits per heavy atom. The van der Waals surface area contributed by atoms with Crippen molar-refractivity contribution in [2.75, 3.05) is 13.6 Å². The van der Waals surface area contributed by atoms with Gasteiger partial charge in [-0.2, -0.15) is 0 Å². The molecule has 5 nitrogen and oxygen atoms in total. The molecule has 0 fully saturated rings. The van der Waals surface area contributed by atoms with Gasteiger partial charge in [-0.15, -0.1) is 0 Å². The number of nitrogens with zero attached hydrogens (tertiary/aromatic N) is 2. The summed E-state index contributed by atoms with van der Waals surface area (Å²) >= 11 is 0. The first kappa shape index (κ1) is 13.7. The maximum atomic E-state index is 12.0. The van der Waals surface area contributed by atoms with Crippen molar-refractivity contribution in [1.29, 1.82) is 0 Å². The molecule has 96 valence electrons. The summed E-state index contributed by atoms with van der Waals surface area (Å²) in [6.45, 7) is 7.39. The Morgan fingerprint density at radius 3 is 2.76 bits per heavy atom. The van der Waals surface area contributed by atoms with Crippen LogP contribution in [-0.2, 0) is 6.54 Å². The van der Waals surface area contributed by atoms with Gasteiger partial charge in [-0.3, -0.25) is 4.79 Å². The van der Waals surface area contributed by atoms with E-state index in [-0.39, 0.29) is 17.5 Å². The van der Waals surface area contributed by atoms with Gasteiger partial charge in [0.25, 0.3) is 5.88 Å². The molecule has 0 bridgehead atoms. The largest absolute Gasteiger partial charge is 0.469 e. The second-order valence-corrected chi connectivity index (χ2v) is 4.57. The predicted molar refractivity (Wildman–Crippen MR) is 67.4 cm³/mol. The fourth-order valence-electron chi connectivity index (χ4n) is 1.56. The van der Waals surface area contributed by atoms with Gasteiger partial charge in [-0.25, -0.2) is 4.98 Å². The van der Waals surface area contributed by atoms with E-state index in [2.05, 4.69) is 24.1 Å². The smallest absolute Gasteiger partial charge is 0.313 e. The van der Waals surface area contributed by atoms with Crippen LogP contribution in [0.4, 0.5) is 0 Å². The highest BCUT2D eigenvalue weighted by Crippen LogP contribution is 2.02. The molecule has 0 spiro atoms. The topological polar surface area (TPSA) is 56.1 Å². The summed E-state index contributed by atoms with van der Waals surface area (Å²) in [5.74, 6) is 0.591. The highest BCUT2D eigenvalue weighted by molar-refractivity contribution is 5.05. The van der Waals surface area contributed by atoms with Crippen molar-refractivity contribution in [1.82, 2.24) is 14.9 Å². The molecule has 0 saturated carbocycles. The quantitative estimate of drug-likeness (QED) is 0.801. The molecular weight excluding hydrogens is 218 g/mol. The van der Waals surface area contributed by atoms with Crippen molar-refractivity contribution in [2.45, 2.75) is 33.4 Å². The lowest BCUT2D eigenvalue weighted by Gasteiger charge is -2.14. The number of nitrogens with one attached hydrogen (secondary N) is 1. The zero-order valence-corrected chi connectivity index (χ0v) is 10.9. The van der Waals surface area contributed by atoms with Gasteiger partial charge < -0.3 is 14.6 Å². The Morgan fingerprint density at radius 2 is 2.18 bits per heavy atom. The highest BCUT2D eigenvalue weighted by atomic mass is 16.5. The van der Waals surface area contributed by atoms with Crippen LogP contribution in [0.25, 0.3) is 0 Å². The summed E-state index contributed by atoms with van der Waals surface area (Å²) in [5.41, 5.74) is -0.163. The summed E-state index contributed by atoms with van der Waals surface area (Å²) in [6, 6.07) is 0. The lowest BCUT2D eigenvalue weighted by molar-refractivity contribution is 0.206. The molecule has 0 aliphatic heterocycles. The third-order valence-corrected chi connectivity index (χ3v) is 2.25. The monoisotopic (exact) mass is 239 g/mol. The molecule has 0 aliphatic carbocycles. The summed E-state index contributed by atoms with van der Waals surface area (Å²) in [6.07, 6.45) is 3.22. The Bertz CT molecular complexity index is 401. The molecule has 1 atom stereocenters. The Hall–Kier alpha value is -1.36.